The minimum Gasteiger partial charge on any atom is -0.196 e. The fourth-order valence-corrected chi connectivity index (χ4v) is 1.09. The van der Waals surface area contributed by atoms with E-state index < -0.39 is 5.41 Å². The molecule has 54 valence electrons. The van der Waals surface area contributed by atoms with Gasteiger partial charge in [0.15, 0.2) is 0 Å². The zero-order chi connectivity index (χ0) is 8.32. The minimum absolute atomic E-state index is 0.113. The van der Waals surface area contributed by atoms with Crippen molar-refractivity contribution in [2.75, 3.05) is 0 Å². The molecule has 0 radical (unpaired) electrons. The highest BCUT2D eigenvalue weighted by atomic mass is 14.4. The third kappa shape index (κ3) is 1.06. The Hall–Kier alpha value is -1.47. The second-order valence-electron chi connectivity index (χ2n) is 2.66. The molecule has 0 amide bonds. The number of allylic oxidation sites excluding steroid dienone is 4. The molecule has 0 spiro atoms. The van der Waals surface area contributed by atoms with Gasteiger partial charge in [0, 0.05) is 5.92 Å². The lowest BCUT2D eigenvalue weighted by Crippen LogP contribution is -2.22. The minimum atomic E-state index is -0.714. The van der Waals surface area contributed by atoms with Gasteiger partial charge in [0.1, 0.15) is 5.41 Å². The summed E-state index contributed by atoms with van der Waals surface area (Å²) in [5, 5.41) is 8.83. The van der Waals surface area contributed by atoms with Crippen molar-refractivity contribution in [1.82, 2.24) is 0 Å². The van der Waals surface area contributed by atoms with Crippen LogP contribution in [0.3, 0.4) is 0 Å². The monoisotopic (exact) mass is 143 g/mol. The highest BCUT2D eigenvalue weighted by Crippen LogP contribution is 2.31. The van der Waals surface area contributed by atoms with Gasteiger partial charge in [0.2, 0.25) is 0 Å². The molecule has 0 fully saturated rings. The molecule has 0 saturated carbocycles. The summed E-state index contributed by atoms with van der Waals surface area (Å²) < 4.78 is 0. The molecule has 2 unspecified atom stereocenters. The summed E-state index contributed by atoms with van der Waals surface area (Å²) in [7, 11) is 0. The fourth-order valence-electron chi connectivity index (χ4n) is 1.09. The van der Waals surface area contributed by atoms with Crippen LogP contribution in [0.5, 0.6) is 0 Å². The summed E-state index contributed by atoms with van der Waals surface area (Å²) in [4.78, 5) is 0. The lowest BCUT2D eigenvalue weighted by Gasteiger charge is -2.23. The Morgan fingerprint density at radius 1 is 1.55 bits per heavy atom. The van der Waals surface area contributed by atoms with Crippen molar-refractivity contribution >= 4 is 0 Å². The van der Waals surface area contributed by atoms with Crippen LogP contribution in [-0.4, -0.2) is 0 Å². The van der Waals surface area contributed by atoms with Crippen LogP contribution in [0.4, 0.5) is 0 Å². The molecule has 0 aromatic carbocycles. The average Bonchev–Trinajstić information content (AvgIpc) is 2.06. The first-order valence-corrected chi connectivity index (χ1v) is 3.50. The number of terminal acetylenes is 1. The van der Waals surface area contributed by atoms with Crippen molar-refractivity contribution in [3.8, 4) is 18.4 Å². The second kappa shape index (κ2) is 2.64. The number of hydrogen-bond acceptors (Lipinski definition) is 1. The van der Waals surface area contributed by atoms with Crippen molar-refractivity contribution in [3.63, 3.8) is 0 Å². The maximum Gasteiger partial charge on any atom is 0.142 e. The van der Waals surface area contributed by atoms with E-state index in [0.717, 1.165) is 0 Å². The van der Waals surface area contributed by atoms with Crippen LogP contribution in [0, 0.1) is 35.0 Å². The van der Waals surface area contributed by atoms with Crippen molar-refractivity contribution in [3.05, 3.63) is 24.3 Å². The van der Waals surface area contributed by atoms with Crippen molar-refractivity contribution in [2.24, 2.45) is 11.3 Å². The van der Waals surface area contributed by atoms with Crippen LogP contribution in [0.25, 0.3) is 0 Å². The summed E-state index contributed by atoms with van der Waals surface area (Å²) in [5.74, 6) is 2.63. The second-order valence-corrected chi connectivity index (χ2v) is 2.66. The molecule has 1 aliphatic rings. The predicted octanol–water partition coefficient (Wildman–Crippen LogP) is 1.89. The number of nitrogens with zero attached hydrogens (tertiary/aromatic N) is 1. The van der Waals surface area contributed by atoms with Gasteiger partial charge in [0.25, 0.3) is 0 Å². The molecule has 0 saturated heterocycles. The van der Waals surface area contributed by atoms with E-state index in [1.807, 2.05) is 25.2 Å². The fraction of sp³-hybridized carbons (Fsp3) is 0.300. The van der Waals surface area contributed by atoms with E-state index in [0.29, 0.717) is 0 Å². The van der Waals surface area contributed by atoms with Gasteiger partial charge < -0.3 is 0 Å². The Morgan fingerprint density at radius 3 is 2.64 bits per heavy atom. The van der Waals surface area contributed by atoms with Gasteiger partial charge in [-0.1, -0.05) is 37.1 Å². The maximum absolute atomic E-state index is 8.83. The molecule has 11 heavy (non-hydrogen) atoms. The van der Waals surface area contributed by atoms with Crippen molar-refractivity contribution < 1.29 is 0 Å². The first kappa shape index (κ1) is 7.63. The maximum atomic E-state index is 8.83. The number of rotatable bonds is 0. The first-order valence-electron chi connectivity index (χ1n) is 3.50. The molecular formula is C10H9N. The van der Waals surface area contributed by atoms with Crippen LogP contribution in [0.2, 0.25) is 0 Å². The molecule has 0 aromatic rings. The molecule has 0 aromatic heterocycles. The van der Waals surface area contributed by atoms with E-state index in [4.69, 9.17) is 11.7 Å². The average molecular weight is 143 g/mol. The molecule has 2 atom stereocenters. The standard InChI is InChI=1S/C10H9N/c1-3-10(8-11)7-5-4-6-9(10)2/h1,4-7,9H,2H3. The third-order valence-corrected chi connectivity index (χ3v) is 2.01. The van der Waals surface area contributed by atoms with E-state index in [1.165, 1.54) is 0 Å². The highest BCUT2D eigenvalue weighted by Gasteiger charge is 2.30. The summed E-state index contributed by atoms with van der Waals surface area (Å²) in [5.41, 5.74) is -0.714. The molecule has 1 heteroatoms. The largest absolute Gasteiger partial charge is 0.196 e. The smallest absolute Gasteiger partial charge is 0.142 e. The summed E-state index contributed by atoms with van der Waals surface area (Å²) in [6.45, 7) is 1.95. The van der Waals surface area contributed by atoms with Gasteiger partial charge in [-0.25, -0.2) is 0 Å². The van der Waals surface area contributed by atoms with Gasteiger partial charge in [0.05, 0.1) is 6.07 Å². The van der Waals surface area contributed by atoms with E-state index in [-0.39, 0.29) is 5.92 Å². The zero-order valence-electron chi connectivity index (χ0n) is 6.41. The Bertz CT molecular complexity index is 269. The first-order chi connectivity index (χ1) is 5.25. The number of nitriles is 1. The van der Waals surface area contributed by atoms with Gasteiger partial charge in [-0.3, -0.25) is 0 Å². The van der Waals surface area contributed by atoms with E-state index in [9.17, 15) is 0 Å². The molecule has 0 N–H and O–H groups in total. The number of hydrogen-bond donors (Lipinski definition) is 0. The summed E-state index contributed by atoms with van der Waals surface area (Å²) in [6.07, 6.45) is 12.7. The van der Waals surface area contributed by atoms with Gasteiger partial charge >= 0.3 is 0 Å². The van der Waals surface area contributed by atoms with Crippen molar-refractivity contribution in [2.45, 2.75) is 6.92 Å². The topological polar surface area (TPSA) is 23.8 Å². The van der Waals surface area contributed by atoms with Crippen LogP contribution in [0.15, 0.2) is 24.3 Å². The lowest BCUT2D eigenvalue weighted by molar-refractivity contribution is 0.506. The molecule has 1 aliphatic carbocycles. The van der Waals surface area contributed by atoms with E-state index in [1.54, 1.807) is 6.08 Å². The molecule has 0 bridgehead atoms. The quantitative estimate of drug-likeness (QED) is 0.475. The normalized spacial score (nSPS) is 34.3. The van der Waals surface area contributed by atoms with Crippen LogP contribution < -0.4 is 0 Å². The Morgan fingerprint density at radius 2 is 2.27 bits per heavy atom. The van der Waals surface area contributed by atoms with E-state index in [2.05, 4.69) is 12.0 Å². The van der Waals surface area contributed by atoms with Crippen LogP contribution in [-0.2, 0) is 0 Å². The third-order valence-electron chi connectivity index (χ3n) is 2.01. The molecule has 1 rings (SSSR count). The van der Waals surface area contributed by atoms with Crippen LogP contribution >= 0.6 is 0 Å². The summed E-state index contributed by atoms with van der Waals surface area (Å²) in [6, 6.07) is 2.14. The molecule has 0 aliphatic heterocycles. The Balaban J connectivity index is 3.06. The van der Waals surface area contributed by atoms with Gasteiger partial charge in [-0.2, -0.15) is 5.26 Å². The molecule has 0 heterocycles. The molecular weight excluding hydrogens is 134 g/mol. The van der Waals surface area contributed by atoms with Gasteiger partial charge in [-0.05, 0) is 0 Å². The van der Waals surface area contributed by atoms with Gasteiger partial charge in [-0.15, -0.1) is 6.42 Å². The Kier molecular flexibility index (Phi) is 1.83. The SMILES string of the molecule is C#CC1(C#N)C=CC=CC1C. The zero-order valence-corrected chi connectivity index (χ0v) is 6.41. The lowest BCUT2D eigenvalue weighted by atomic mass is 9.76. The Labute approximate surface area is 67.0 Å². The summed E-state index contributed by atoms with van der Waals surface area (Å²) >= 11 is 0. The highest BCUT2D eigenvalue weighted by molar-refractivity contribution is 5.35. The molecule has 1 nitrogen and oxygen atoms in total. The predicted molar refractivity (Wildman–Crippen MR) is 44.3 cm³/mol. The van der Waals surface area contributed by atoms with E-state index >= 15 is 0 Å². The van der Waals surface area contributed by atoms with Crippen LogP contribution in [0.1, 0.15) is 6.92 Å². The van der Waals surface area contributed by atoms with Crippen molar-refractivity contribution in [1.29, 1.82) is 5.26 Å².